The molecular weight excluding hydrogens is 494 g/mol. The molecule has 8 heteroatoms. The van der Waals surface area contributed by atoms with E-state index in [0.29, 0.717) is 19.6 Å². The van der Waals surface area contributed by atoms with Crippen LogP contribution in [0.5, 0.6) is 0 Å². The second kappa shape index (κ2) is 9.59. The van der Waals surface area contributed by atoms with Crippen molar-refractivity contribution >= 4 is 17.7 Å². The summed E-state index contributed by atoms with van der Waals surface area (Å²) in [7, 11) is 0. The number of benzene rings is 1. The first-order chi connectivity index (χ1) is 18.4. The van der Waals surface area contributed by atoms with E-state index in [4.69, 9.17) is 4.74 Å². The van der Waals surface area contributed by atoms with Crippen LogP contribution in [-0.4, -0.2) is 86.0 Å². The minimum atomic E-state index is -1.33. The zero-order valence-electron chi connectivity index (χ0n) is 23.8. The van der Waals surface area contributed by atoms with Crippen LogP contribution in [0.25, 0.3) is 0 Å². The van der Waals surface area contributed by atoms with Gasteiger partial charge in [-0.3, -0.25) is 14.4 Å². The van der Waals surface area contributed by atoms with Gasteiger partial charge in [0.05, 0.1) is 30.1 Å². The number of hydrogen-bond donors (Lipinski definition) is 1. The number of amides is 3. The average molecular weight is 536 g/mol. The van der Waals surface area contributed by atoms with Gasteiger partial charge >= 0.3 is 0 Å². The van der Waals surface area contributed by atoms with Gasteiger partial charge in [0.15, 0.2) is 0 Å². The highest BCUT2D eigenvalue weighted by atomic mass is 16.5. The highest BCUT2D eigenvalue weighted by Gasteiger charge is 2.75. The van der Waals surface area contributed by atoms with Gasteiger partial charge in [-0.1, -0.05) is 68.5 Å². The van der Waals surface area contributed by atoms with Gasteiger partial charge in [0.2, 0.25) is 17.7 Å². The van der Waals surface area contributed by atoms with E-state index < -0.39 is 40.7 Å². The van der Waals surface area contributed by atoms with Crippen molar-refractivity contribution in [3.05, 3.63) is 60.2 Å². The fourth-order valence-electron chi connectivity index (χ4n) is 7.04. The molecule has 210 valence electrons. The van der Waals surface area contributed by atoms with Gasteiger partial charge < -0.3 is 24.5 Å². The maximum Gasteiger partial charge on any atom is 0.249 e. The summed E-state index contributed by atoms with van der Waals surface area (Å²) in [6.07, 6.45) is 7.60. The van der Waals surface area contributed by atoms with Gasteiger partial charge in [-0.25, -0.2) is 0 Å². The fraction of sp³-hybridized carbons (Fsp3) is 0.581. The van der Waals surface area contributed by atoms with Crippen molar-refractivity contribution in [2.75, 3.05) is 19.7 Å². The first kappa shape index (κ1) is 27.6. The Bertz CT molecular complexity index is 1200. The van der Waals surface area contributed by atoms with Crippen LogP contribution in [0.2, 0.25) is 0 Å². The molecule has 0 saturated carbocycles. The quantitative estimate of drug-likeness (QED) is 0.586. The number of aliphatic hydroxyl groups is 1. The number of fused-ring (bicyclic) bond motifs is 2. The van der Waals surface area contributed by atoms with Gasteiger partial charge in [0.1, 0.15) is 11.6 Å². The first-order valence-electron chi connectivity index (χ1n) is 14.0. The normalized spacial score (nSPS) is 33.3. The predicted molar refractivity (Wildman–Crippen MR) is 147 cm³/mol. The lowest BCUT2D eigenvalue weighted by atomic mass is 9.74. The highest BCUT2D eigenvalue weighted by molar-refractivity contribution is 6.00. The molecule has 2 saturated heterocycles. The Hall–Kier alpha value is -2.97. The third-order valence-corrected chi connectivity index (χ3v) is 8.92. The molecule has 3 amide bonds. The van der Waals surface area contributed by atoms with Gasteiger partial charge in [0.25, 0.3) is 0 Å². The van der Waals surface area contributed by atoms with E-state index in [0.717, 1.165) is 5.56 Å². The zero-order valence-corrected chi connectivity index (χ0v) is 23.8. The molecule has 4 aliphatic heterocycles. The van der Waals surface area contributed by atoms with E-state index in [1.165, 1.54) is 0 Å². The Labute approximate surface area is 231 Å². The van der Waals surface area contributed by atoms with E-state index >= 15 is 0 Å². The molecule has 39 heavy (non-hydrogen) atoms. The fourth-order valence-corrected chi connectivity index (χ4v) is 7.04. The third-order valence-electron chi connectivity index (χ3n) is 8.92. The van der Waals surface area contributed by atoms with Crippen LogP contribution in [0.15, 0.2) is 54.6 Å². The van der Waals surface area contributed by atoms with Crippen molar-refractivity contribution < 1.29 is 24.2 Å². The van der Waals surface area contributed by atoms with Crippen molar-refractivity contribution in [1.29, 1.82) is 0 Å². The number of likely N-dealkylation sites (tertiary alicyclic amines) is 1. The summed E-state index contributed by atoms with van der Waals surface area (Å²) in [6.45, 7) is 12.5. The zero-order chi connectivity index (χ0) is 28.3. The summed E-state index contributed by atoms with van der Waals surface area (Å²) < 4.78 is 6.89. The molecule has 4 heterocycles. The predicted octanol–water partition coefficient (Wildman–Crippen LogP) is 2.77. The monoisotopic (exact) mass is 535 g/mol. The second-order valence-corrected chi connectivity index (χ2v) is 12.9. The van der Waals surface area contributed by atoms with E-state index in [-0.39, 0.29) is 30.2 Å². The van der Waals surface area contributed by atoms with Crippen molar-refractivity contribution in [1.82, 2.24) is 14.7 Å². The van der Waals surface area contributed by atoms with E-state index in [2.05, 4.69) is 0 Å². The molecule has 0 radical (unpaired) electrons. The number of carbonyl (C=O) groups is 3. The number of hydrogen-bond acceptors (Lipinski definition) is 5. The van der Waals surface area contributed by atoms with Crippen LogP contribution >= 0.6 is 0 Å². The molecule has 1 unspecified atom stereocenters. The number of rotatable bonds is 5. The maximum absolute atomic E-state index is 14.5. The topological polar surface area (TPSA) is 90.4 Å². The van der Waals surface area contributed by atoms with Crippen molar-refractivity contribution in [3.8, 4) is 0 Å². The lowest BCUT2D eigenvalue weighted by molar-refractivity contribution is -0.159. The van der Waals surface area contributed by atoms with Crippen LogP contribution in [0.1, 0.15) is 47.1 Å². The molecule has 4 aliphatic rings. The van der Waals surface area contributed by atoms with Gasteiger partial charge in [-0.15, -0.1) is 0 Å². The Morgan fingerprint density at radius 3 is 2.26 bits per heavy atom. The number of ether oxygens (including phenoxy) is 1. The van der Waals surface area contributed by atoms with Crippen LogP contribution in [0, 0.1) is 17.8 Å². The lowest BCUT2D eigenvalue weighted by Gasteiger charge is -2.43. The Kier molecular flexibility index (Phi) is 6.79. The van der Waals surface area contributed by atoms with E-state index in [1.807, 2.05) is 96.2 Å². The van der Waals surface area contributed by atoms with Crippen molar-refractivity contribution in [2.24, 2.45) is 17.8 Å². The van der Waals surface area contributed by atoms with Crippen LogP contribution in [0.3, 0.4) is 0 Å². The molecule has 1 aromatic carbocycles. The Morgan fingerprint density at radius 2 is 1.64 bits per heavy atom. The summed E-state index contributed by atoms with van der Waals surface area (Å²) in [5.74, 6) is -2.51. The molecule has 1 spiro atoms. The maximum atomic E-state index is 14.5. The molecule has 1 aromatic rings. The summed E-state index contributed by atoms with van der Waals surface area (Å²) in [5.41, 5.74) is -1.90. The summed E-state index contributed by atoms with van der Waals surface area (Å²) in [4.78, 5) is 48.3. The molecule has 1 N–H and O–H groups in total. The van der Waals surface area contributed by atoms with E-state index in [9.17, 15) is 19.5 Å². The van der Waals surface area contributed by atoms with E-state index in [1.54, 1.807) is 14.7 Å². The number of nitrogens with zero attached hydrogens (tertiary/aromatic N) is 3. The lowest BCUT2D eigenvalue weighted by Crippen LogP contribution is -2.61. The molecule has 5 rings (SSSR count). The molecule has 8 nitrogen and oxygen atoms in total. The summed E-state index contributed by atoms with van der Waals surface area (Å²) >= 11 is 0. The minimum Gasteiger partial charge on any atom is -0.394 e. The molecule has 0 aromatic heterocycles. The van der Waals surface area contributed by atoms with Crippen molar-refractivity contribution in [3.63, 3.8) is 0 Å². The largest absolute Gasteiger partial charge is 0.394 e. The molecular formula is C31H41N3O5. The van der Waals surface area contributed by atoms with Crippen LogP contribution < -0.4 is 0 Å². The molecule has 0 bridgehead atoms. The smallest absolute Gasteiger partial charge is 0.249 e. The Balaban J connectivity index is 1.64. The average Bonchev–Trinajstić information content (AvgIpc) is 3.13. The standard InChI is InChI=1S/C31H41N3O5/c1-20(2)22(19-35)34-25-28(38)33(29(3,4)5)17-11-15-31(25)24(27(34)37)23-26(36)32(16-10-14-30(23,6)39-31)18-21-12-8-7-9-13-21/h7-15,20,22-25,35H,16-19H2,1-6H3/t22-,23+,24-,25?,30-,31-/m0/s1. The summed E-state index contributed by atoms with van der Waals surface area (Å²) in [5, 5.41) is 10.4. The second-order valence-electron chi connectivity index (χ2n) is 12.9. The van der Waals surface area contributed by atoms with Gasteiger partial charge in [-0.2, -0.15) is 0 Å². The molecule has 0 aliphatic carbocycles. The molecule has 6 atom stereocenters. The number of carbonyl (C=O) groups excluding carboxylic acids is 3. The van der Waals surface area contributed by atoms with Crippen LogP contribution in [0.4, 0.5) is 0 Å². The Morgan fingerprint density at radius 1 is 0.974 bits per heavy atom. The highest BCUT2D eigenvalue weighted by Crippen LogP contribution is 2.58. The first-order valence-corrected chi connectivity index (χ1v) is 14.0. The van der Waals surface area contributed by atoms with Gasteiger partial charge in [-0.05, 0) is 39.2 Å². The SMILES string of the molecule is CC(C)[C@H](CO)N1C(=O)[C@@H]2[C@@H]3C(=O)N(Cc4ccccc4)CC=C[C@]3(C)O[C@@]23C=CCN(C(C)(C)C)C(=O)C13. The summed E-state index contributed by atoms with van der Waals surface area (Å²) in [6, 6.07) is 8.21. The van der Waals surface area contributed by atoms with Crippen LogP contribution in [-0.2, 0) is 25.7 Å². The van der Waals surface area contributed by atoms with Gasteiger partial charge in [0, 0.05) is 25.2 Å². The molecule has 2 fully saturated rings. The van der Waals surface area contributed by atoms with Crippen molar-refractivity contribution in [2.45, 2.75) is 76.9 Å². The number of aliphatic hydroxyl groups excluding tert-OH is 1. The third kappa shape index (κ3) is 4.23. The minimum absolute atomic E-state index is 0.108.